The van der Waals surface area contributed by atoms with E-state index in [9.17, 15) is 29.1 Å². The van der Waals surface area contributed by atoms with Gasteiger partial charge in [0.1, 0.15) is 25.2 Å². The van der Waals surface area contributed by atoms with Crippen LogP contribution in [0.25, 0.3) is 0 Å². The Morgan fingerprint density at radius 2 is 1.71 bits per heavy atom. The van der Waals surface area contributed by atoms with E-state index in [1.54, 1.807) is 24.3 Å². The van der Waals surface area contributed by atoms with Gasteiger partial charge in [-0.15, -0.1) is 0 Å². The molecule has 0 bridgehead atoms. The molecule has 0 N–H and O–H groups in total. The number of amides is 1. The van der Waals surface area contributed by atoms with E-state index in [1.807, 2.05) is 6.07 Å². The first-order valence-corrected chi connectivity index (χ1v) is 12.8. The average Bonchev–Trinajstić information content (AvgIpc) is 2.91. The number of nitro groups is 1. The lowest BCUT2D eigenvalue weighted by atomic mass is 9.91. The molecule has 0 radical (unpaired) electrons. The molecule has 4 rings (SSSR count). The van der Waals surface area contributed by atoms with Crippen molar-refractivity contribution >= 4 is 34.9 Å². The molecule has 2 heterocycles. The van der Waals surface area contributed by atoms with Gasteiger partial charge < -0.3 is 23.5 Å². The lowest BCUT2D eigenvalue weighted by molar-refractivity contribution is -0.384. The van der Waals surface area contributed by atoms with Crippen LogP contribution >= 0.6 is 0 Å². The molecule has 12 nitrogen and oxygen atoms in total. The standard InChI is InChI=1S/C25H24N2O10S/c1-15(37-25(30)36-13-17-8-10-18(11-9-17)27(31)32)20-22(28)26-21(19(34-2)14-38(33)23(20)26)24(29)35-12-16-6-4-3-5-7-16/h3-11,15,20,23H,12-14H2,1-2H3/t15?,20-,23+,38?/m0/s1. The summed E-state index contributed by atoms with van der Waals surface area (Å²) < 4.78 is 33.9. The van der Waals surface area contributed by atoms with Crippen molar-refractivity contribution in [3.63, 3.8) is 0 Å². The van der Waals surface area contributed by atoms with Crippen LogP contribution in [0.4, 0.5) is 10.5 Å². The second-order valence-corrected chi connectivity index (χ2v) is 10.0. The van der Waals surface area contributed by atoms with E-state index in [1.165, 1.54) is 38.3 Å². The summed E-state index contributed by atoms with van der Waals surface area (Å²) in [5.41, 5.74) is 1.02. The largest absolute Gasteiger partial charge is 0.614 e. The van der Waals surface area contributed by atoms with Crippen LogP contribution in [-0.2, 0) is 52.9 Å². The van der Waals surface area contributed by atoms with Crippen molar-refractivity contribution in [3.05, 3.63) is 87.3 Å². The van der Waals surface area contributed by atoms with Crippen LogP contribution in [0, 0.1) is 16.0 Å². The molecule has 2 aromatic carbocycles. The zero-order valence-corrected chi connectivity index (χ0v) is 21.3. The third-order valence-corrected chi connectivity index (χ3v) is 7.67. The SMILES string of the molecule is COC1=C(C(=O)OCc2ccccc2)N2C(=O)[C@H](C(C)OC(=O)OCc3ccc([N+](=O)[O-])cc3)[C@H]2[S+]([O-])C1. The summed E-state index contributed by atoms with van der Waals surface area (Å²) in [6.07, 6.45) is -2.08. The summed E-state index contributed by atoms with van der Waals surface area (Å²) >= 11 is -1.63. The van der Waals surface area contributed by atoms with E-state index in [0.717, 1.165) is 10.5 Å². The van der Waals surface area contributed by atoms with Gasteiger partial charge in [-0.1, -0.05) is 30.3 Å². The molecule has 0 aliphatic carbocycles. The maximum atomic E-state index is 13.1. The zero-order valence-electron chi connectivity index (χ0n) is 20.4. The molecule has 1 amide bonds. The normalized spacial score (nSPS) is 21.1. The molecule has 0 spiro atoms. The fourth-order valence-electron chi connectivity index (χ4n) is 4.13. The summed E-state index contributed by atoms with van der Waals surface area (Å²) in [7, 11) is 1.31. The molecule has 0 saturated carbocycles. The zero-order chi connectivity index (χ0) is 27.4. The number of esters is 1. The van der Waals surface area contributed by atoms with Crippen LogP contribution in [0.3, 0.4) is 0 Å². The third kappa shape index (κ3) is 5.58. The first-order chi connectivity index (χ1) is 18.2. The number of methoxy groups -OCH3 is 1. The number of nitro benzene ring substituents is 1. The molecule has 13 heteroatoms. The quantitative estimate of drug-likeness (QED) is 0.151. The van der Waals surface area contributed by atoms with Gasteiger partial charge in [-0.3, -0.25) is 19.8 Å². The van der Waals surface area contributed by atoms with Gasteiger partial charge in [-0.25, -0.2) is 9.59 Å². The van der Waals surface area contributed by atoms with E-state index in [2.05, 4.69) is 0 Å². The van der Waals surface area contributed by atoms with Gasteiger partial charge in [-0.05, 0) is 41.4 Å². The molecule has 2 aliphatic heterocycles. The Morgan fingerprint density at radius 3 is 2.34 bits per heavy atom. The number of rotatable bonds is 9. The maximum absolute atomic E-state index is 13.1. The van der Waals surface area contributed by atoms with Crippen LogP contribution in [0.5, 0.6) is 0 Å². The minimum Gasteiger partial charge on any atom is -0.614 e. The highest BCUT2D eigenvalue weighted by Gasteiger charge is 2.63. The number of β-lactam (4-membered cyclic amide) rings is 1. The van der Waals surface area contributed by atoms with Gasteiger partial charge in [0.05, 0.1) is 12.0 Å². The number of hydrogen-bond donors (Lipinski definition) is 0. The van der Waals surface area contributed by atoms with Gasteiger partial charge in [0.15, 0.2) is 17.2 Å². The first-order valence-electron chi connectivity index (χ1n) is 11.5. The number of fused-ring (bicyclic) bond motifs is 1. The predicted octanol–water partition coefficient (Wildman–Crippen LogP) is 2.78. The van der Waals surface area contributed by atoms with E-state index < -0.39 is 51.5 Å². The Kier molecular flexibility index (Phi) is 8.17. The third-order valence-electron chi connectivity index (χ3n) is 6.08. The number of benzene rings is 2. The molecule has 2 aliphatic rings. The van der Waals surface area contributed by atoms with Crippen LogP contribution in [0.15, 0.2) is 66.1 Å². The van der Waals surface area contributed by atoms with Crippen molar-refractivity contribution in [3.8, 4) is 0 Å². The van der Waals surface area contributed by atoms with Crippen LogP contribution in [-0.4, -0.2) is 56.7 Å². The number of hydrogen-bond acceptors (Lipinski definition) is 10. The smallest absolute Gasteiger partial charge is 0.508 e. The van der Waals surface area contributed by atoms with Crippen molar-refractivity contribution in [1.82, 2.24) is 4.90 Å². The molecule has 1 saturated heterocycles. The Morgan fingerprint density at radius 1 is 1.08 bits per heavy atom. The molecule has 200 valence electrons. The summed E-state index contributed by atoms with van der Waals surface area (Å²) in [4.78, 5) is 49.5. The molecular weight excluding hydrogens is 520 g/mol. The lowest BCUT2D eigenvalue weighted by Gasteiger charge is -2.49. The van der Waals surface area contributed by atoms with Gasteiger partial charge in [0.25, 0.3) is 5.69 Å². The average molecular weight is 545 g/mol. The Labute approximate surface area is 220 Å². The number of carbonyl (C=O) groups is 3. The summed E-state index contributed by atoms with van der Waals surface area (Å²) in [6.45, 7) is 1.23. The Bertz CT molecular complexity index is 1250. The highest BCUT2D eigenvalue weighted by atomic mass is 32.2. The Balaban J connectivity index is 1.38. The fraction of sp³-hybridized carbons (Fsp3) is 0.320. The summed E-state index contributed by atoms with van der Waals surface area (Å²) in [5, 5.41) is 9.83. The van der Waals surface area contributed by atoms with Gasteiger partial charge in [0.2, 0.25) is 11.3 Å². The van der Waals surface area contributed by atoms with Crippen LogP contribution in [0.2, 0.25) is 0 Å². The molecule has 0 aromatic heterocycles. The summed E-state index contributed by atoms with van der Waals surface area (Å²) in [5.74, 6) is -2.39. The van der Waals surface area contributed by atoms with Crippen LogP contribution in [0.1, 0.15) is 18.1 Å². The molecule has 2 aromatic rings. The maximum Gasteiger partial charge on any atom is 0.508 e. The highest BCUT2D eigenvalue weighted by Crippen LogP contribution is 2.43. The molecule has 4 atom stereocenters. The minimum atomic E-state index is -1.63. The highest BCUT2D eigenvalue weighted by molar-refractivity contribution is 7.92. The van der Waals surface area contributed by atoms with Crippen molar-refractivity contribution in [2.75, 3.05) is 12.9 Å². The topological polar surface area (TPSA) is 158 Å². The fourth-order valence-corrected chi connectivity index (χ4v) is 5.92. The number of non-ortho nitro benzene ring substituents is 1. The Hall–Kier alpha value is -4.10. The van der Waals surface area contributed by atoms with Crippen molar-refractivity contribution in [2.24, 2.45) is 5.92 Å². The second kappa shape index (κ2) is 11.5. The monoisotopic (exact) mass is 544 g/mol. The molecular formula is C25H24N2O10S. The second-order valence-electron chi connectivity index (χ2n) is 8.47. The minimum absolute atomic E-state index is 0.0283. The van der Waals surface area contributed by atoms with E-state index in [-0.39, 0.29) is 36.1 Å². The predicted molar refractivity (Wildman–Crippen MR) is 131 cm³/mol. The first kappa shape index (κ1) is 26.9. The van der Waals surface area contributed by atoms with Crippen molar-refractivity contribution in [2.45, 2.75) is 31.6 Å². The van der Waals surface area contributed by atoms with E-state index in [4.69, 9.17) is 18.9 Å². The van der Waals surface area contributed by atoms with Gasteiger partial charge in [0, 0.05) is 12.1 Å². The van der Waals surface area contributed by atoms with Gasteiger partial charge in [-0.2, -0.15) is 0 Å². The van der Waals surface area contributed by atoms with Crippen LogP contribution < -0.4 is 0 Å². The van der Waals surface area contributed by atoms with E-state index >= 15 is 0 Å². The molecule has 1 fully saturated rings. The lowest BCUT2D eigenvalue weighted by Crippen LogP contribution is -2.69. The van der Waals surface area contributed by atoms with E-state index in [0.29, 0.717) is 5.56 Å². The molecule has 38 heavy (non-hydrogen) atoms. The summed E-state index contributed by atoms with van der Waals surface area (Å²) in [6, 6.07) is 14.4. The number of ether oxygens (including phenoxy) is 4. The van der Waals surface area contributed by atoms with Gasteiger partial charge >= 0.3 is 12.1 Å². The number of nitrogens with zero attached hydrogens (tertiary/aromatic N) is 2. The number of carbonyl (C=O) groups excluding carboxylic acids is 3. The van der Waals surface area contributed by atoms with Crippen molar-refractivity contribution in [1.29, 1.82) is 0 Å². The van der Waals surface area contributed by atoms with Crippen molar-refractivity contribution < 1.29 is 42.8 Å². The molecule has 2 unspecified atom stereocenters.